The Balaban J connectivity index is 0.000000201. The molecule has 2 aliphatic rings. The number of halogens is 12. The lowest BCUT2D eigenvalue weighted by atomic mass is 9.79. The van der Waals surface area contributed by atoms with Crippen molar-refractivity contribution in [3.05, 3.63) is 185 Å². The predicted molar refractivity (Wildman–Crippen MR) is 266 cm³/mol. The maximum absolute atomic E-state index is 14.4. The predicted octanol–water partition coefficient (Wildman–Crippen LogP) is 15.7. The van der Waals surface area contributed by atoms with Crippen molar-refractivity contribution in [3.63, 3.8) is 0 Å². The van der Waals surface area contributed by atoms with Gasteiger partial charge in [0.15, 0.2) is 5.78 Å². The topological polar surface area (TPSA) is 49.3 Å². The Hall–Kier alpha value is -4.14. The molecule has 0 amide bonds. The summed E-state index contributed by atoms with van der Waals surface area (Å²) in [7, 11) is 0. The van der Waals surface area contributed by atoms with Gasteiger partial charge < -0.3 is 9.80 Å². The van der Waals surface area contributed by atoms with Crippen LogP contribution in [0.3, 0.4) is 0 Å². The molecule has 68 heavy (non-hydrogen) atoms. The third kappa shape index (κ3) is 11.7. The van der Waals surface area contributed by atoms with Crippen LogP contribution in [-0.4, -0.2) is 59.1 Å². The molecule has 0 aliphatic carbocycles. The van der Waals surface area contributed by atoms with Gasteiger partial charge in [0.05, 0.1) is 10.0 Å². The smallest absolute Gasteiger partial charge is 0.370 e. The van der Waals surface area contributed by atoms with Crippen LogP contribution in [0.4, 0.5) is 37.7 Å². The van der Waals surface area contributed by atoms with Crippen LogP contribution in [0, 0.1) is 0 Å². The fraction of sp³-hybridized carbons (Fsp3) is 0.280. The van der Waals surface area contributed by atoms with E-state index in [9.17, 15) is 31.1 Å². The van der Waals surface area contributed by atoms with Crippen molar-refractivity contribution in [2.45, 2.75) is 61.7 Å². The molecular weight excluding hydrogens is 1030 g/mol. The number of alkyl halides is 6. The quantitative estimate of drug-likeness (QED) is 0.0691. The van der Waals surface area contributed by atoms with Crippen LogP contribution in [0.5, 0.6) is 0 Å². The number of hydrogen-bond donors (Lipinski definition) is 0. The molecule has 0 saturated carbocycles. The lowest BCUT2D eigenvalue weighted by molar-refractivity contribution is -0.185. The molecular formula is C50H40Cl6F6N4OS. The fourth-order valence-corrected chi connectivity index (χ4v) is 10.6. The minimum Gasteiger partial charge on any atom is -0.370 e. The number of Topliss-reactive ketones (excluding diaryl/α,β-unsaturated/α-hetero) is 1. The summed E-state index contributed by atoms with van der Waals surface area (Å²) in [5.41, 5.74) is -0.194. The average Bonchev–Trinajstić information content (AvgIpc) is 3.96. The van der Waals surface area contributed by atoms with Gasteiger partial charge in [0, 0.05) is 104 Å². The minimum atomic E-state index is -4.51. The standard InChI is InChI=1S/C25H20Cl3F3N2O.C25H20Cl3F3N2S/c2*26-17-11-16(12-18(27)13-17)24(25(29,30)31)8-10-33(15-24)20-5-6-21(22(28)14-20)23(34)7-4-19-3-1-2-9-32-19/h2*1-3,5-6,9,11-14H,4,7-8,10,15H2. The highest BCUT2D eigenvalue weighted by Gasteiger charge is 2.60. The lowest BCUT2D eigenvalue weighted by Crippen LogP contribution is -2.44. The Labute approximate surface area is 425 Å². The van der Waals surface area contributed by atoms with E-state index in [0.29, 0.717) is 51.7 Å². The first-order valence-electron chi connectivity index (χ1n) is 21.2. The van der Waals surface area contributed by atoms with E-state index in [0.717, 1.165) is 11.4 Å². The highest BCUT2D eigenvalue weighted by molar-refractivity contribution is 7.80. The maximum Gasteiger partial charge on any atom is 0.400 e. The third-order valence-corrected chi connectivity index (χ3v) is 14.3. The molecule has 2 atom stereocenters. The molecule has 4 aromatic carbocycles. The van der Waals surface area contributed by atoms with E-state index in [4.69, 9.17) is 81.8 Å². The summed E-state index contributed by atoms with van der Waals surface area (Å²) in [5.74, 6) is -0.151. The number of nitrogens with zero attached hydrogens (tertiary/aromatic N) is 4. The van der Waals surface area contributed by atoms with Gasteiger partial charge in [0.1, 0.15) is 10.8 Å². The summed E-state index contributed by atoms with van der Waals surface area (Å²) < 4.78 is 86.1. The molecule has 5 nitrogen and oxygen atoms in total. The fourth-order valence-electron chi connectivity index (χ4n) is 8.68. The SMILES string of the molecule is FC(F)(F)C1(c2cc(Cl)cc(Cl)c2)CCN(c2ccc(C(=S)CCc3ccccn3)c(Cl)c2)C1.O=C(CCc1ccccn1)c1ccc(N2CCC(c3cc(Cl)cc(Cl)c3)(C(F)(F)F)C2)cc1Cl. The normalized spacial score (nSPS) is 18.4. The zero-order valence-electron chi connectivity index (χ0n) is 35.8. The molecule has 6 aromatic rings. The lowest BCUT2D eigenvalue weighted by Gasteiger charge is -2.33. The van der Waals surface area contributed by atoms with E-state index >= 15 is 0 Å². The number of carbonyl (C=O) groups excluding carboxylic acids is 1. The van der Waals surface area contributed by atoms with E-state index in [-0.39, 0.29) is 87.5 Å². The van der Waals surface area contributed by atoms with Crippen molar-refractivity contribution >= 4 is 104 Å². The Kier molecular flexibility index (Phi) is 16.3. The molecule has 356 valence electrons. The van der Waals surface area contributed by atoms with Crippen LogP contribution in [0.1, 0.15) is 64.1 Å². The van der Waals surface area contributed by atoms with Crippen molar-refractivity contribution in [2.75, 3.05) is 36.0 Å². The van der Waals surface area contributed by atoms with Gasteiger partial charge in [-0.1, -0.05) is 100 Å². The molecule has 2 fully saturated rings. The van der Waals surface area contributed by atoms with Gasteiger partial charge in [-0.25, -0.2) is 0 Å². The van der Waals surface area contributed by atoms with E-state index in [1.165, 1.54) is 36.4 Å². The van der Waals surface area contributed by atoms with Gasteiger partial charge in [-0.3, -0.25) is 14.8 Å². The van der Waals surface area contributed by atoms with Crippen molar-refractivity contribution in [3.8, 4) is 0 Å². The summed E-state index contributed by atoms with van der Waals surface area (Å²) in [4.78, 5) is 25.1. The highest BCUT2D eigenvalue weighted by Crippen LogP contribution is 2.51. The summed E-state index contributed by atoms with van der Waals surface area (Å²) >= 11 is 42.5. The van der Waals surface area contributed by atoms with E-state index < -0.39 is 23.2 Å². The number of rotatable bonds is 12. The first kappa shape index (κ1) is 51.7. The number of carbonyl (C=O) groups is 1. The number of thiocarbonyl (C=S) groups is 1. The zero-order valence-corrected chi connectivity index (χ0v) is 41.1. The van der Waals surface area contributed by atoms with Gasteiger partial charge in [0.25, 0.3) is 0 Å². The molecule has 2 saturated heterocycles. The Morgan fingerprint density at radius 3 is 1.35 bits per heavy atom. The van der Waals surface area contributed by atoms with Crippen LogP contribution in [0.2, 0.25) is 30.1 Å². The van der Waals surface area contributed by atoms with Crippen LogP contribution < -0.4 is 9.80 Å². The molecule has 8 rings (SSSR count). The second-order valence-electron chi connectivity index (χ2n) is 16.6. The number of aromatic nitrogens is 2. The number of ketones is 1. The summed E-state index contributed by atoms with van der Waals surface area (Å²) in [6, 6.07) is 29.4. The van der Waals surface area contributed by atoms with Crippen LogP contribution in [0.25, 0.3) is 0 Å². The second-order valence-corrected chi connectivity index (χ2v) is 19.7. The number of benzene rings is 4. The van der Waals surface area contributed by atoms with E-state index in [1.807, 2.05) is 30.3 Å². The molecule has 2 aromatic heterocycles. The van der Waals surface area contributed by atoms with E-state index in [2.05, 4.69) is 9.97 Å². The number of anilines is 2. The molecule has 0 bridgehead atoms. The molecule has 0 radical (unpaired) electrons. The van der Waals surface area contributed by atoms with Gasteiger partial charge >= 0.3 is 12.4 Å². The van der Waals surface area contributed by atoms with Crippen LogP contribution >= 0.6 is 81.8 Å². The number of hydrogen-bond acceptors (Lipinski definition) is 6. The van der Waals surface area contributed by atoms with Crippen molar-refractivity contribution in [2.24, 2.45) is 0 Å². The van der Waals surface area contributed by atoms with Crippen molar-refractivity contribution in [1.29, 1.82) is 0 Å². The first-order chi connectivity index (χ1) is 32.2. The van der Waals surface area contributed by atoms with Crippen LogP contribution in [0.15, 0.2) is 122 Å². The Bertz CT molecular complexity index is 2560. The molecule has 0 spiro atoms. The number of aryl methyl sites for hydroxylation is 2. The molecule has 2 aliphatic heterocycles. The van der Waals surface area contributed by atoms with Gasteiger partial charge in [-0.2, -0.15) is 26.3 Å². The van der Waals surface area contributed by atoms with Gasteiger partial charge in [-0.05, 0) is 134 Å². The monoisotopic (exact) mass is 1070 g/mol. The Morgan fingerprint density at radius 2 is 0.971 bits per heavy atom. The second kappa shape index (κ2) is 21.5. The molecule has 2 unspecified atom stereocenters. The molecule has 18 heteroatoms. The largest absolute Gasteiger partial charge is 0.400 e. The zero-order chi connectivity index (χ0) is 49.0. The summed E-state index contributed by atoms with van der Waals surface area (Å²) in [6.45, 7) is -0.195. The third-order valence-electron chi connectivity index (χ3n) is 12.4. The molecule has 0 N–H and O–H groups in total. The Morgan fingerprint density at radius 1 is 0.559 bits per heavy atom. The van der Waals surface area contributed by atoms with Crippen LogP contribution in [-0.2, 0) is 23.7 Å². The van der Waals surface area contributed by atoms with Crippen molar-refractivity contribution in [1.82, 2.24) is 9.97 Å². The van der Waals surface area contributed by atoms with Crippen molar-refractivity contribution < 1.29 is 31.1 Å². The highest BCUT2D eigenvalue weighted by atomic mass is 35.5. The van der Waals surface area contributed by atoms with Gasteiger partial charge in [-0.15, -0.1) is 0 Å². The number of pyridine rings is 2. The van der Waals surface area contributed by atoms with E-state index in [1.54, 1.807) is 64.7 Å². The minimum absolute atomic E-state index is 0.0346. The molecule has 4 heterocycles. The summed E-state index contributed by atoms with van der Waals surface area (Å²) in [5, 5.41) is 1.28. The average molecular weight is 1070 g/mol. The van der Waals surface area contributed by atoms with Gasteiger partial charge in [0.2, 0.25) is 0 Å². The first-order valence-corrected chi connectivity index (χ1v) is 23.9. The summed E-state index contributed by atoms with van der Waals surface area (Å²) in [6.07, 6.45) is -3.89. The maximum atomic E-state index is 14.4.